The Labute approximate surface area is 163 Å². The Morgan fingerprint density at radius 2 is 1.88 bits per heavy atom. The van der Waals surface area contributed by atoms with Crippen molar-refractivity contribution in [1.82, 2.24) is 15.1 Å². The number of carbonyl (C=O) groups is 1. The maximum absolute atomic E-state index is 12.3. The third kappa shape index (κ3) is 7.16. The summed E-state index contributed by atoms with van der Waals surface area (Å²) >= 11 is 0. The minimum atomic E-state index is -4.20. The molecule has 1 unspecified atom stereocenters. The number of piperazine rings is 1. The minimum absolute atomic E-state index is 0. The summed E-state index contributed by atoms with van der Waals surface area (Å²) in [6.07, 6.45) is -3.79. The average Bonchev–Trinajstić information content (AvgIpc) is 3.07. The van der Waals surface area contributed by atoms with E-state index in [0.29, 0.717) is 45.3 Å². The second kappa shape index (κ2) is 10.4. The first-order valence-corrected chi connectivity index (χ1v) is 8.41. The Morgan fingerprint density at radius 1 is 1.24 bits per heavy atom. The number of halogens is 4. The summed E-state index contributed by atoms with van der Waals surface area (Å²) < 4.78 is 42.2. The second-order valence-corrected chi connectivity index (χ2v) is 5.91. The molecule has 0 aromatic rings. The molecule has 1 N–H and O–H groups in total. The van der Waals surface area contributed by atoms with Crippen LogP contribution in [0, 0.1) is 0 Å². The van der Waals surface area contributed by atoms with Crippen molar-refractivity contribution in [3.8, 4) is 0 Å². The fourth-order valence-electron chi connectivity index (χ4n) is 2.83. The Kier molecular flexibility index (Phi) is 9.25. The quantitative estimate of drug-likeness (QED) is 0.381. The van der Waals surface area contributed by atoms with Gasteiger partial charge in [-0.1, -0.05) is 0 Å². The Bertz CT molecular complexity index is 449. The van der Waals surface area contributed by atoms with Crippen LogP contribution >= 0.6 is 24.0 Å². The molecule has 1 amide bonds. The van der Waals surface area contributed by atoms with Gasteiger partial charge >= 0.3 is 6.18 Å². The van der Waals surface area contributed by atoms with E-state index in [0.717, 1.165) is 12.8 Å². The zero-order valence-corrected chi connectivity index (χ0v) is 16.7. The first-order chi connectivity index (χ1) is 11.4. The van der Waals surface area contributed by atoms with Crippen LogP contribution in [-0.2, 0) is 9.53 Å². The zero-order chi connectivity index (χ0) is 17.6. The zero-order valence-electron chi connectivity index (χ0n) is 14.3. The number of aliphatic imine (C=N–C) groups is 1. The highest BCUT2D eigenvalue weighted by atomic mass is 127. The van der Waals surface area contributed by atoms with E-state index >= 15 is 0 Å². The first-order valence-electron chi connectivity index (χ1n) is 8.41. The lowest BCUT2D eigenvalue weighted by atomic mass is 10.2. The van der Waals surface area contributed by atoms with Crippen LogP contribution in [0.15, 0.2) is 4.99 Å². The minimum Gasteiger partial charge on any atom is -0.368 e. The van der Waals surface area contributed by atoms with Crippen LogP contribution in [0.25, 0.3) is 0 Å². The van der Waals surface area contributed by atoms with Crippen molar-refractivity contribution in [1.29, 1.82) is 0 Å². The second-order valence-electron chi connectivity index (χ2n) is 5.91. The van der Waals surface area contributed by atoms with E-state index in [4.69, 9.17) is 4.74 Å². The number of nitrogens with one attached hydrogen (secondary N) is 1. The van der Waals surface area contributed by atoms with Gasteiger partial charge < -0.3 is 19.9 Å². The summed E-state index contributed by atoms with van der Waals surface area (Å²) in [5.41, 5.74) is 0. The number of nitrogens with zero attached hydrogens (tertiary/aromatic N) is 3. The lowest BCUT2D eigenvalue weighted by Crippen LogP contribution is -2.55. The van der Waals surface area contributed by atoms with Crippen molar-refractivity contribution in [2.45, 2.75) is 38.5 Å². The molecule has 0 aliphatic carbocycles. The monoisotopic (exact) mass is 478 g/mol. The highest BCUT2D eigenvalue weighted by Crippen LogP contribution is 2.19. The molecule has 2 heterocycles. The van der Waals surface area contributed by atoms with Gasteiger partial charge in [0.05, 0.1) is 13.0 Å². The van der Waals surface area contributed by atoms with Crippen molar-refractivity contribution in [2.24, 2.45) is 4.99 Å². The van der Waals surface area contributed by atoms with Crippen LogP contribution in [0.5, 0.6) is 0 Å². The number of hydrogen-bond acceptors (Lipinski definition) is 3. The third-order valence-corrected chi connectivity index (χ3v) is 4.09. The number of rotatable bonds is 4. The highest BCUT2D eigenvalue weighted by molar-refractivity contribution is 14.0. The molecule has 25 heavy (non-hydrogen) atoms. The normalized spacial score (nSPS) is 21.9. The standard InChI is InChI=1S/C15H25F3N4O2.HI/c1-2-19-14(20-6-5-15(16,17)18)22-9-7-21(8-10-22)13(23)12-4-3-11-24-12;/h12H,2-11H2,1H3,(H,19,20);1H. The molecule has 1 atom stereocenters. The summed E-state index contributed by atoms with van der Waals surface area (Å²) in [7, 11) is 0. The predicted molar refractivity (Wildman–Crippen MR) is 99.2 cm³/mol. The van der Waals surface area contributed by atoms with Gasteiger partial charge in [-0.05, 0) is 19.8 Å². The molecule has 2 rings (SSSR count). The van der Waals surface area contributed by atoms with E-state index in [1.165, 1.54) is 0 Å². The van der Waals surface area contributed by atoms with E-state index < -0.39 is 12.6 Å². The van der Waals surface area contributed by atoms with Gasteiger partial charge in [-0.2, -0.15) is 13.2 Å². The molecule has 10 heteroatoms. The molecule has 0 bridgehead atoms. The lowest BCUT2D eigenvalue weighted by molar-refractivity contribution is -0.142. The topological polar surface area (TPSA) is 57.2 Å². The summed E-state index contributed by atoms with van der Waals surface area (Å²) in [4.78, 5) is 20.0. The molecule has 0 aromatic heterocycles. The SMILES string of the molecule is CCNC(=NCCC(F)(F)F)N1CCN(C(=O)C2CCCO2)CC1.I. The molecular formula is C15H26F3IN4O2. The average molecular weight is 478 g/mol. The molecule has 2 aliphatic rings. The number of amides is 1. The van der Waals surface area contributed by atoms with Crippen LogP contribution in [0.2, 0.25) is 0 Å². The number of hydrogen-bond donors (Lipinski definition) is 1. The van der Waals surface area contributed by atoms with Crippen molar-refractivity contribution in [3.63, 3.8) is 0 Å². The molecule has 2 saturated heterocycles. The molecule has 146 valence electrons. The van der Waals surface area contributed by atoms with Crippen molar-refractivity contribution < 1.29 is 22.7 Å². The van der Waals surface area contributed by atoms with Gasteiger partial charge in [0, 0.05) is 39.3 Å². The van der Waals surface area contributed by atoms with Gasteiger partial charge in [0.25, 0.3) is 5.91 Å². The Morgan fingerprint density at radius 3 is 2.40 bits per heavy atom. The molecule has 0 spiro atoms. The van der Waals surface area contributed by atoms with E-state index in [-0.39, 0.29) is 42.5 Å². The molecule has 0 aromatic carbocycles. The van der Waals surface area contributed by atoms with Crippen LogP contribution in [0.4, 0.5) is 13.2 Å². The van der Waals surface area contributed by atoms with Gasteiger partial charge in [-0.15, -0.1) is 24.0 Å². The molecule has 0 radical (unpaired) electrons. The van der Waals surface area contributed by atoms with Crippen molar-refractivity contribution in [3.05, 3.63) is 0 Å². The van der Waals surface area contributed by atoms with Gasteiger partial charge in [-0.25, -0.2) is 0 Å². The van der Waals surface area contributed by atoms with E-state index in [9.17, 15) is 18.0 Å². The summed E-state index contributed by atoms with van der Waals surface area (Å²) in [5.74, 6) is 0.497. The van der Waals surface area contributed by atoms with E-state index in [2.05, 4.69) is 10.3 Å². The fraction of sp³-hybridized carbons (Fsp3) is 0.867. The maximum Gasteiger partial charge on any atom is 0.390 e. The molecule has 6 nitrogen and oxygen atoms in total. The molecule has 2 fully saturated rings. The van der Waals surface area contributed by atoms with Crippen molar-refractivity contribution in [2.75, 3.05) is 45.9 Å². The van der Waals surface area contributed by atoms with E-state index in [1.54, 1.807) is 4.90 Å². The summed E-state index contributed by atoms with van der Waals surface area (Å²) in [6.45, 7) is 4.96. The molecule has 0 saturated carbocycles. The van der Waals surface area contributed by atoms with Gasteiger partial charge in [0.2, 0.25) is 0 Å². The Hall–Kier alpha value is -0.780. The van der Waals surface area contributed by atoms with Gasteiger partial charge in [0.1, 0.15) is 6.10 Å². The van der Waals surface area contributed by atoms with Crippen LogP contribution in [0.1, 0.15) is 26.2 Å². The summed E-state index contributed by atoms with van der Waals surface area (Å²) in [6, 6.07) is 0. The van der Waals surface area contributed by atoms with Crippen LogP contribution in [-0.4, -0.2) is 79.8 Å². The fourth-order valence-corrected chi connectivity index (χ4v) is 2.83. The smallest absolute Gasteiger partial charge is 0.368 e. The Balaban J connectivity index is 0.00000312. The number of guanidine groups is 1. The van der Waals surface area contributed by atoms with Crippen LogP contribution in [0.3, 0.4) is 0 Å². The van der Waals surface area contributed by atoms with Gasteiger partial charge in [0.15, 0.2) is 5.96 Å². The molecular weight excluding hydrogens is 452 g/mol. The number of carbonyl (C=O) groups excluding carboxylic acids is 1. The highest BCUT2D eigenvalue weighted by Gasteiger charge is 2.31. The van der Waals surface area contributed by atoms with Crippen molar-refractivity contribution >= 4 is 35.8 Å². The van der Waals surface area contributed by atoms with Gasteiger partial charge in [-0.3, -0.25) is 9.79 Å². The predicted octanol–water partition coefficient (Wildman–Crippen LogP) is 1.85. The third-order valence-electron chi connectivity index (χ3n) is 4.09. The first kappa shape index (κ1) is 22.3. The summed E-state index contributed by atoms with van der Waals surface area (Å²) in [5, 5.41) is 3.02. The lowest BCUT2D eigenvalue weighted by Gasteiger charge is -2.37. The molecule has 2 aliphatic heterocycles. The number of ether oxygens (including phenoxy) is 1. The van der Waals surface area contributed by atoms with Crippen LogP contribution < -0.4 is 5.32 Å². The maximum atomic E-state index is 12.3. The number of alkyl halides is 3. The van der Waals surface area contributed by atoms with E-state index in [1.807, 2.05) is 11.8 Å². The largest absolute Gasteiger partial charge is 0.390 e.